The molecule has 0 aliphatic carbocycles. The van der Waals surface area contributed by atoms with Crippen LogP contribution in [0.25, 0.3) is 10.8 Å². The van der Waals surface area contributed by atoms with Crippen LogP contribution in [0, 0.1) is 5.92 Å². The Kier molecular flexibility index (Phi) is 5.52. The lowest BCUT2D eigenvalue weighted by atomic mass is 9.99. The Balaban J connectivity index is 1.63. The number of hydrogen-bond donors (Lipinski definition) is 1. The van der Waals surface area contributed by atoms with Crippen molar-refractivity contribution in [2.24, 2.45) is 5.92 Å². The topological polar surface area (TPSA) is 66.5 Å². The lowest BCUT2D eigenvalue weighted by Gasteiger charge is -2.30. The highest BCUT2D eigenvalue weighted by Gasteiger charge is 2.25. The van der Waals surface area contributed by atoms with Gasteiger partial charge in [-0.1, -0.05) is 50.2 Å². The van der Waals surface area contributed by atoms with Gasteiger partial charge in [0.2, 0.25) is 5.91 Å². The first-order chi connectivity index (χ1) is 14.3. The number of hydrogen-bond acceptors (Lipinski definition) is 3. The molecule has 3 aromatic carbocycles. The van der Waals surface area contributed by atoms with Crippen LogP contribution in [0.5, 0.6) is 0 Å². The number of benzene rings is 3. The monoisotopic (exact) mass is 422 g/mol. The summed E-state index contributed by atoms with van der Waals surface area (Å²) in [5.41, 5.74) is 2.40. The van der Waals surface area contributed by atoms with Crippen molar-refractivity contribution in [2.45, 2.75) is 38.0 Å². The molecule has 0 saturated heterocycles. The van der Waals surface area contributed by atoms with E-state index in [1.165, 1.54) is 0 Å². The lowest BCUT2D eigenvalue weighted by molar-refractivity contribution is -0.118. The second-order valence-electron chi connectivity index (χ2n) is 8.15. The predicted molar refractivity (Wildman–Crippen MR) is 121 cm³/mol. The zero-order chi connectivity index (χ0) is 21.3. The molecule has 5 nitrogen and oxygen atoms in total. The number of anilines is 2. The normalized spacial score (nSPS) is 14.2. The molecule has 0 aromatic heterocycles. The molecule has 1 amide bonds. The third kappa shape index (κ3) is 4.05. The van der Waals surface area contributed by atoms with Gasteiger partial charge in [0.1, 0.15) is 0 Å². The second kappa shape index (κ2) is 8.11. The highest BCUT2D eigenvalue weighted by atomic mass is 32.2. The van der Waals surface area contributed by atoms with Gasteiger partial charge in [0.15, 0.2) is 0 Å². The van der Waals surface area contributed by atoms with E-state index in [1.807, 2.05) is 47.4 Å². The number of rotatable bonds is 6. The SMILES string of the molecule is CC(C)CCN1C(=O)CCc2cc(NS(=O)(=O)c3cccc4ccccc34)ccc21. The molecule has 0 saturated carbocycles. The Labute approximate surface area is 177 Å². The van der Waals surface area contributed by atoms with Crippen molar-refractivity contribution in [3.63, 3.8) is 0 Å². The van der Waals surface area contributed by atoms with Gasteiger partial charge in [-0.25, -0.2) is 8.42 Å². The molecule has 1 aliphatic rings. The average molecular weight is 423 g/mol. The fraction of sp³-hybridized carbons (Fsp3) is 0.292. The summed E-state index contributed by atoms with van der Waals surface area (Å²) in [6.45, 7) is 4.96. The lowest BCUT2D eigenvalue weighted by Crippen LogP contribution is -2.36. The molecule has 0 fully saturated rings. The van der Waals surface area contributed by atoms with Crippen molar-refractivity contribution in [3.8, 4) is 0 Å². The summed E-state index contributed by atoms with van der Waals surface area (Å²) in [4.78, 5) is 14.5. The molecule has 0 unspecified atom stereocenters. The number of carbonyl (C=O) groups is 1. The third-order valence-electron chi connectivity index (χ3n) is 5.50. The Hall–Kier alpha value is -2.86. The number of amides is 1. The van der Waals surface area contributed by atoms with Crippen LogP contribution in [0.3, 0.4) is 0 Å². The van der Waals surface area contributed by atoms with E-state index in [0.29, 0.717) is 36.4 Å². The van der Waals surface area contributed by atoms with Gasteiger partial charge < -0.3 is 4.90 Å². The quantitative estimate of drug-likeness (QED) is 0.610. The minimum Gasteiger partial charge on any atom is -0.312 e. The van der Waals surface area contributed by atoms with Crippen LogP contribution >= 0.6 is 0 Å². The molecule has 0 atom stereocenters. The molecule has 1 N–H and O–H groups in total. The average Bonchev–Trinajstić information content (AvgIpc) is 2.72. The maximum Gasteiger partial charge on any atom is 0.262 e. The van der Waals surface area contributed by atoms with Gasteiger partial charge in [-0.05, 0) is 54.0 Å². The van der Waals surface area contributed by atoms with Crippen LogP contribution in [0.2, 0.25) is 0 Å². The van der Waals surface area contributed by atoms with Crippen molar-refractivity contribution in [1.82, 2.24) is 0 Å². The van der Waals surface area contributed by atoms with Gasteiger partial charge >= 0.3 is 0 Å². The molecular weight excluding hydrogens is 396 g/mol. The van der Waals surface area contributed by atoms with E-state index in [-0.39, 0.29) is 10.8 Å². The zero-order valence-corrected chi connectivity index (χ0v) is 18.1. The van der Waals surface area contributed by atoms with E-state index in [1.54, 1.807) is 18.2 Å². The first-order valence-corrected chi connectivity index (χ1v) is 11.8. The Morgan fingerprint density at radius 3 is 2.57 bits per heavy atom. The Bertz CT molecular complexity index is 1200. The van der Waals surface area contributed by atoms with Crippen LogP contribution in [0.15, 0.2) is 65.6 Å². The smallest absolute Gasteiger partial charge is 0.262 e. The van der Waals surface area contributed by atoms with Crippen LogP contribution < -0.4 is 9.62 Å². The molecule has 156 valence electrons. The predicted octanol–water partition coefficient (Wildman–Crippen LogP) is 4.97. The minimum absolute atomic E-state index is 0.132. The fourth-order valence-electron chi connectivity index (χ4n) is 3.90. The number of nitrogens with one attached hydrogen (secondary N) is 1. The van der Waals surface area contributed by atoms with E-state index < -0.39 is 10.0 Å². The highest BCUT2D eigenvalue weighted by molar-refractivity contribution is 7.93. The second-order valence-corrected chi connectivity index (χ2v) is 9.80. The molecule has 0 bridgehead atoms. The molecule has 30 heavy (non-hydrogen) atoms. The first-order valence-electron chi connectivity index (χ1n) is 10.3. The minimum atomic E-state index is -3.74. The van der Waals surface area contributed by atoms with Crippen LogP contribution in [-0.2, 0) is 21.2 Å². The van der Waals surface area contributed by atoms with Gasteiger partial charge in [-0.3, -0.25) is 9.52 Å². The van der Waals surface area contributed by atoms with Crippen LogP contribution in [-0.4, -0.2) is 20.9 Å². The number of aryl methyl sites for hydroxylation is 1. The summed E-state index contributed by atoms with van der Waals surface area (Å²) in [6.07, 6.45) is 2.00. The molecule has 1 aliphatic heterocycles. The molecule has 0 spiro atoms. The van der Waals surface area contributed by atoms with E-state index in [4.69, 9.17) is 0 Å². The Morgan fingerprint density at radius 1 is 1.00 bits per heavy atom. The maximum absolute atomic E-state index is 13.1. The number of carbonyl (C=O) groups excluding carboxylic acids is 1. The first kappa shape index (κ1) is 20.4. The molecule has 0 radical (unpaired) electrons. The van der Waals surface area contributed by atoms with E-state index in [9.17, 15) is 13.2 Å². The van der Waals surface area contributed by atoms with E-state index in [2.05, 4.69) is 18.6 Å². The molecule has 3 aromatic rings. The summed E-state index contributed by atoms with van der Waals surface area (Å²) in [5.74, 6) is 0.641. The summed E-state index contributed by atoms with van der Waals surface area (Å²) in [5, 5.41) is 1.57. The van der Waals surface area contributed by atoms with Crippen molar-refractivity contribution in [1.29, 1.82) is 0 Å². The van der Waals surface area contributed by atoms with Crippen LogP contribution in [0.4, 0.5) is 11.4 Å². The summed E-state index contributed by atoms with van der Waals surface area (Å²) < 4.78 is 28.9. The van der Waals surface area contributed by atoms with Gasteiger partial charge in [0.05, 0.1) is 4.90 Å². The zero-order valence-electron chi connectivity index (χ0n) is 17.3. The summed E-state index contributed by atoms with van der Waals surface area (Å²) in [7, 11) is -3.74. The van der Waals surface area contributed by atoms with Gasteiger partial charge in [-0.2, -0.15) is 0 Å². The molecular formula is C24H26N2O3S. The van der Waals surface area contributed by atoms with Gasteiger partial charge in [0, 0.05) is 29.7 Å². The summed E-state index contributed by atoms with van der Waals surface area (Å²) >= 11 is 0. The largest absolute Gasteiger partial charge is 0.312 e. The number of fused-ring (bicyclic) bond motifs is 2. The number of sulfonamides is 1. The van der Waals surface area contributed by atoms with E-state index >= 15 is 0 Å². The maximum atomic E-state index is 13.1. The standard InChI is InChI=1S/C24H26N2O3S/c1-17(2)14-15-26-22-12-11-20(16-19(22)10-13-24(26)27)25-30(28,29)23-9-5-7-18-6-3-4-8-21(18)23/h3-9,11-12,16-17,25H,10,13-15H2,1-2H3. The van der Waals surface area contributed by atoms with Gasteiger partial charge in [-0.15, -0.1) is 0 Å². The summed E-state index contributed by atoms with van der Waals surface area (Å²) in [6, 6.07) is 18.2. The van der Waals surface area contributed by atoms with Crippen molar-refractivity contribution in [3.05, 3.63) is 66.2 Å². The van der Waals surface area contributed by atoms with Gasteiger partial charge in [0.25, 0.3) is 10.0 Å². The fourth-order valence-corrected chi connectivity index (χ4v) is 5.18. The van der Waals surface area contributed by atoms with Crippen LogP contribution in [0.1, 0.15) is 32.3 Å². The Morgan fingerprint density at radius 2 is 1.77 bits per heavy atom. The van der Waals surface area contributed by atoms with E-state index in [0.717, 1.165) is 23.1 Å². The molecule has 1 heterocycles. The van der Waals surface area contributed by atoms with Crippen molar-refractivity contribution in [2.75, 3.05) is 16.2 Å². The van der Waals surface area contributed by atoms with Crippen molar-refractivity contribution >= 4 is 38.1 Å². The molecule has 4 rings (SSSR count). The number of nitrogens with zero attached hydrogens (tertiary/aromatic N) is 1. The van der Waals surface area contributed by atoms with Crippen molar-refractivity contribution < 1.29 is 13.2 Å². The highest BCUT2D eigenvalue weighted by Crippen LogP contribution is 2.32. The molecule has 6 heteroatoms. The third-order valence-corrected chi connectivity index (χ3v) is 6.94.